The van der Waals surface area contributed by atoms with E-state index >= 15 is 0 Å². The summed E-state index contributed by atoms with van der Waals surface area (Å²) >= 11 is 1.36. The van der Waals surface area contributed by atoms with Gasteiger partial charge in [-0.1, -0.05) is 32.8 Å². The van der Waals surface area contributed by atoms with Crippen molar-refractivity contribution >= 4 is 34.8 Å². The number of ether oxygens (including phenoxy) is 1. The molecule has 1 heterocycles. The molecule has 1 aliphatic rings. The van der Waals surface area contributed by atoms with E-state index in [4.69, 9.17) is 4.74 Å². The minimum atomic E-state index is -0.568. The Morgan fingerprint density at radius 2 is 1.86 bits per heavy atom. The minimum absolute atomic E-state index is 0.135. The predicted octanol–water partition coefficient (Wildman–Crippen LogP) is 4.10. The number of carbonyl (C=O) groups is 3. The zero-order valence-corrected chi connectivity index (χ0v) is 17.5. The molecule has 7 heteroatoms. The maximum absolute atomic E-state index is 12.2. The first-order chi connectivity index (χ1) is 13.9. The molecule has 154 valence electrons. The number of hydrogen-bond donors (Lipinski definition) is 2. The smallest absolute Gasteiger partial charge is 0.338 e. The number of anilines is 1. The largest absolute Gasteiger partial charge is 0.452 e. The Morgan fingerprint density at radius 1 is 1.10 bits per heavy atom. The van der Waals surface area contributed by atoms with Crippen LogP contribution in [0.1, 0.15) is 53.1 Å². The normalized spacial score (nSPS) is 21.2. The molecule has 0 bridgehead atoms. The molecular weight excluding hydrogens is 388 g/mol. The van der Waals surface area contributed by atoms with Crippen LogP contribution in [0.2, 0.25) is 0 Å². The summed E-state index contributed by atoms with van der Waals surface area (Å²) in [5.41, 5.74) is 0.907. The highest BCUT2D eigenvalue weighted by Crippen LogP contribution is 2.29. The molecular formula is C22H26N2O4S. The van der Waals surface area contributed by atoms with Crippen LogP contribution in [0.25, 0.3) is 0 Å². The van der Waals surface area contributed by atoms with Crippen LogP contribution < -0.4 is 10.6 Å². The number of thiophene rings is 1. The maximum atomic E-state index is 12.2. The maximum Gasteiger partial charge on any atom is 0.338 e. The SMILES string of the molecule is C[C@@H]1[C@@H](C)CCC[C@H]1NC(=O)COC(=O)c1ccc(NC(=O)c2cccs2)cc1. The molecule has 3 rings (SSSR count). The lowest BCUT2D eigenvalue weighted by Gasteiger charge is -2.34. The van der Waals surface area contributed by atoms with Crippen LogP contribution in [0, 0.1) is 11.8 Å². The van der Waals surface area contributed by atoms with Gasteiger partial charge in [0.05, 0.1) is 10.4 Å². The summed E-state index contributed by atoms with van der Waals surface area (Å²) < 4.78 is 5.14. The Balaban J connectivity index is 1.46. The molecule has 0 saturated heterocycles. The third kappa shape index (κ3) is 5.67. The lowest BCUT2D eigenvalue weighted by molar-refractivity contribution is -0.125. The lowest BCUT2D eigenvalue weighted by Crippen LogP contribution is -2.45. The van der Waals surface area contributed by atoms with E-state index in [2.05, 4.69) is 24.5 Å². The summed E-state index contributed by atoms with van der Waals surface area (Å²) in [4.78, 5) is 37.0. The molecule has 29 heavy (non-hydrogen) atoms. The Hall–Kier alpha value is -2.67. The molecule has 1 aromatic heterocycles. The van der Waals surface area contributed by atoms with Crippen LogP contribution in [-0.2, 0) is 9.53 Å². The van der Waals surface area contributed by atoms with Crippen molar-refractivity contribution in [2.75, 3.05) is 11.9 Å². The van der Waals surface area contributed by atoms with Gasteiger partial charge in [-0.3, -0.25) is 9.59 Å². The molecule has 2 aromatic rings. The first-order valence-electron chi connectivity index (χ1n) is 9.85. The van der Waals surface area contributed by atoms with Gasteiger partial charge in [-0.25, -0.2) is 4.79 Å². The highest BCUT2D eigenvalue weighted by atomic mass is 32.1. The van der Waals surface area contributed by atoms with Crippen molar-refractivity contribution in [3.8, 4) is 0 Å². The number of esters is 1. The summed E-state index contributed by atoms with van der Waals surface area (Å²) in [5, 5.41) is 7.59. The second kappa shape index (κ2) is 9.69. The Labute approximate surface area is 174 Å². The summed E-state index contributed by atoms with van der Waals surface area (Å²) in [6, 6.07) is 10.1. The molecule has 1 saturated carbocycles. The zero-order chi connectivity index (χ0) is 20.8. The second-order valence-corrected chi connectivity index (χ2v) is 8.47. The van der Waals surface area contributed by atoms with Gasteiger partial charge < -0.3 is 15.4 Å². The van der Waals surface area contributed by atoms with Crippen molar-refractivity contribution in [1.29, 1.82) is 0 Å². The van der Waals surface area contributed by atoms with Gasteiger partial charge in [0, 0.05) is 11.7 Å². The molecule has 1 aromatic carbocycles. The lowest BCUT2D eigenvalue weighted by atomic mass is 9.78. The number of benzene rings is 1. The average Bonchev–Trinajstić information content (AvgIpc) is 3.25. The Bertz CT molecular complexity index is 848. The van der Waals surface area contributed by atoms with Gasteiger partial charge in [-0.2, -0.15) is 0 Å². The molecule has 2 amide bonds. The summed E-state index contributed by atoms with van der Waals surface area (Å²) in [6.07, 6.45) is 3.25. The van der Waals surface area contributed by atoms with Gasteiger partial charge in [0.15, 0.2) is 6.61 Å². The van der Waals surface area contributed by atoms with Gasteiger partial charge in [0.25, 0.3) is 11.8 Å². The number of nitrogens with one attached hydrogen (secondary N) is 2. The number of amides is 2. The van der Waals surface area contributed by atoms with Gasteiger partial charge in [0.1, 0.15) is 0 Å². The van der Waals surface area contributed by atoms with Gasteiger partial charge >= 0.3 is 5.97 Å². The highest BCUT2D eigenvalue weighted by molar-refractivity contribution is 7.12. The molecule has 0 spiro atoms. The van der Waals surface area contributed by atoms with E-state index in [9.17, 15) is 14.4 Å². The third-order valence-electron chi connectivity index (χ3n) is 5.51. The fraction of sp³-hybridized carbons (Fsp3) is 0.409. The van der Waals surface area contributed by atoms with E-state index < -0.39 is 5.97 Å². The molecule has 1 fully saturated rings. The molecule has 0 aliphatic heterocycles. The van der Waals surface area contributed by atoms with Crippen LogP contribution in [0.5, 0.6) is 0 Å². The van der Waals surface area contributed by atoms with Crippen LogP contribution in [0.15, 0.2) is 41.8 Å². The van der Waals surface area contributed by atoms with Gasteiger partial charge in [-0.05, 0) is 54.0 Å². The van der Waals surface area contributed by atoms with Crippen molar-refractivity contribution in [1.82, 2.24) is 5.32 Å². The van der Waals surface area contributed by atoms with E-state index in [-0.39, 0.29) is 24.5 Å². The van der Waals surface area contributed by atoms with E-state index in [1.807, 2.05) is 11.4 Å². The highest BCUT2D eigenvalue weighted by Gasteiger charge is 2.28. The summed E-state index contributed by atoms with van der Waals surface area (Å²) in [6.45, 7) is 4.06. The summed E-state index contributed by atoms with van der Waals surface area (Å²) in [7, 11) is 0. The predicted molar refractivity (Wildman–Crippen MR) is 113 cm³/mol. The molecule has 1 aliphatic carbocycles. The van der Waals surface area contributed by atoms with Crippen LogP contribution in [-0.4, -0.2) is 30.4 Å². The molecule has 0 unspecified atom stereocenters. The molecule has 3 atom stereocenters. The fourth-order valence-corrected chi connectivity index (χ4v) is 4.16. The van der Waals surface area contributed by atoms with E-state index in [1.54, 1.807) is 30.3 Å². The molecule has 0 radical (unpaired) electrons. The van der Waals surface area contributed by atoms with Gasteiger partial charge in [0.2, 0.25) is 0 Å². The molecule has 6 nitrogen and oxygen atoms in total. The van der Waals surface area contributed by atoms with Crippen molar-refractivity contribution in [2.24, 2.45) is 11.8 Å². The van der Waals surface area contributed by atoms with Crippen molar-refractivity contribution < 1.29 is 19.1 Å². The minimum Gasteiger partial charge on any atom is -0.452 e. The standard InChI is InChI=1S/C22H26N2O4S/c1-14-5-3-6-18(15(14)2)24-20(25)13-28-22(27)16-8-10-17(11-9-16)23-21(26)19-7-4-12-29-19/h4,7-12,14-15,18H,3,5-6,13H2,1-2H3,(H,23,26)(H,24,25)/t14-,15+,18+/m0/s1. The summed E-state index contributed by atoms with van der Waals surface area (Å²) in [5.74, 6) is -0.0421. The number of rotatable bonds is 6. The first-order valence-corrected chi connectivity index (χ1v) is 10.7. The first kappa shape index (κ1) is 21.0. The van der Waals surface area contributed by atoms with Gasteiger partial charge in [-0.15, -0.1) is 11.3 Å². The second-order valence-electron chi connectivity index (χ2n) is 7.53. The topological polar surface area (TPSA) is 84.5 Å². The Kier molecular flexibility index (Phi) is 7.04. The van der Waals surface area contributed by atoms with E-state index in [0.717, 1.165) is 12.8 Å². The number of hydrogen-bond acceptors (Lipinski definition) is 5. The number of carbonyl (C=O) groups excluding carboxylic acids is 3. The van der Waals surface area contributed by atoms with E-state index in [1.165, 1.54) is 17.8 Å². The monoisotopic (exact) mass is 414 g/mol. The van der Waals surface area contributed by atoms with Crippen LogP contribution in [0.4, 0.5) is 5.69 Å². The third-order valence-corrected chi connectivity index (χ3v) is 6.38. The molecule has 2 N–H and O–H groups in total. The van der Waals surface area contributed by atoms with Crippen LogP contribution in [0.3, 0.4) is 0 Å². The zero-order valence-electron chi connectivity index (χ0n) is 16.6. The average molecular weight is 415 g/mol. The quantitative estimate of drug-likeness (QED) is 0.697. The van der Waals surface area contributed by atoms with E-state index in [0.29, 0.717) is 28.0 Å². The van der Waals surface area contributed by atoms with Crippen molar-refractivity contribution in [3.05, 3.63) is 52.2 Å². The van der Waals surface area contributed by atoms with Crippen molar-refractivity contribution in [2.45, 2.75) is 39.2 Å². The fourth-order valence-electron chi connectivity index (χ4n) is 3.54. The Morgan fingerprint density at radius 3 is 2.55 bits per heavy atom. The van der Waals surface area contributed by atoms with Crippen LogP contribution >= 0.6 is 11.3 Å². The van der Waals surface area contributed by atoms with Crippen molar-refractivity contribution in [3.63, 3.8) is 0 Å².